The van der Waals surface area contributed by atoms with E-state index in [0.29, 0.717) is 11.3 Å². The molecule has 0 aliphatic carbocycles. The summed E-state index contributed by atoms with van der Waals surface area (Å²) >= 11 is 0. The highest BCUT2D eigenvalue weighted by atomic mass is 19.4. The zero-order valence-corrected chi connectivity index (χ0v) is 12.5. The Hall–Kier alpha value is -2.71. The summed E-state index contributed by atoms with van der Waals surface area (Å²) in [5.41, 5.74) is 6.97. The number of ether oxygens (including phenoxy) is 2. The summed E-state index contributed by atoms with van der Waals surface area (Å²) in [6.07, 6.45) is -1.29. The minimum Gasteiger partial charge on any atom is -0.493 e. The van der Waals surface area contributed by atoms with Crippen molar-refractivity contribution >= 4 is 12.2 Å². The molecule has 0 amide bonds. The van der Waals surface area contributed by atoms with Gasteiger partial charge in [-0.15, -0.1) is 0 Å². The average Bonchev–Trinajstić information content (AvgIpc) is 2.80. The number of benzene rings is 1. The Bertz CT molecular complexity index is 711. The third-order valence-electron chi connectivity index (χ3n) is 2.74. The second-order valence-electron chi connectivity index (χ2n) is 4.64. The number of aromatic nitrogens is 2. The van der Waals surface area contributed by atoms with Crippen molar-refractivity contribution in [2.75, 3.05) is 19.5 Å². The summed E-state index contributed by atoms with van der Waals surface area (Å²) in [5, 5.41) is 4.11. The number of nitrogen functional groups attached to an aromatic ring is 1. The predicted octanol–water partition coefficient (Wildman–Crippen LogP) is 2.61. The van der Waals surface area contributed by atoms with Crippen LogP contribution in [0.4, 0.5) is 19.1 Å². The number of rotatable bonds is 5. The van der Waals surface area contributed by atoms with E-state index in [1.165, 1.54) is 30.1 Å². The van der Waals surface area contributed by atoms with Crippen molar-refractivity contribution in [1.29, 1.82) is 0 Å². The van der Waals surface area contributed by atoms with Gasteiger partial charge in [0.05, 0.1) is 25.2 Å². The quantitative estimate of drug-likeness (QED) is 0.856. The smallest absolute Gasteiger partial charge is 0.422 e. The van der Waals surface area contributed by atoms with Gasteiger partial charge >= 0.3 is 6.18 Å². The molecule has 0 bridgehead atoms. The minimum absolute atomic E-state index is 0.0000332. The van der Waals surface area contributed by atoms with E-state index in [2.05, 4.69) is 10.1 Å². The molecule has 0 atom stereocenters. The number of imidazole rings is 1. The van der Waals surface area contributed by atoms with Crippen LogP contribution in [0.5, 0.6) is 11.5 Å². The molecule has 2 N–H and O–H groups in total. The Kier molecular flexibility index (Phi) is 4.77. The highest BCUT2D eigenvalue weighted by Gasteiger charge is 2.28. The van der Waals surface area contributed by atoms with Gasteiger partial charge in [-0.05, 0) is 30.7 Å². The van der Waals surface area contributed by atoms with E-state index in [-0.39, 0.29) is 17.4 Å². The van der Waals surface area contributed by atoms with Gasteiger partial charge in [0, 0.05) is 0 Å². The van der Waals surface area contributed by atoms with Crippen LogP contribution in [0.2, 0.25) is 0 Å². The molecule has 2 rings (SSSR count). The third-order valence-corrected chi connectivity index (χ3v) is 2.74. The van der Waals surface area contributed by atoms with Crippen LogP contribution >= 0.6 is 0 Å². The number of halogens is 3. The number of anilines is 1. The molecular weight excluding hydrogens is 313 g/mol. The van der Waals surface area contributed by atoms with Crippen LogP contribution in [0.25, 0.3) is 0 Å². The number of alkyl halides is 3. The van der Waals surface area contributed by atoms with E-state index in [0.717, 1.165) is 0 Å². The Balaban J connectivity index is 2.16. The molecule has 0 saturated heterocycles. The predicted molar refractivity (Wildman–Crippen MR) is 78.9 cm³/mol. The fourth-order valence-electron chi connectivity index (χ4n) is 1.77. The molecule has 1 aromatic carbocycles. The molecular formula is C14H15F3N4O2. The minimum atomic E-state index is -4.41. The second-order valence-corrected chi connectivity index (χ2v) is 4.64. The van der Waals surface area contributed by atoms with Crippen LogP contribution < -0.4 is 15.2 Å². The zero-order chi connectivity index (χ0) is 17.0. The van der Waals surface area contributed by atoms with Gasteiger partial charge in [-0.1, -0.05) is 0 Å². The molecule has 0 aliphatic heterocycles. The van der Waals surface area contributed by atoms with Crippen LogP contribution in [0, 0.1) is 6.92 Å². The molecule has 23 heavy (non-hydrogen) atoms. The molecule has 0 fully saturated rings. The van der Waals surface area contributed by atoms with Crippen molar-refractivity contribution in [3.05, 3.63) is 35.7 Å². The normalized spacial score (nSPS) is 11.9. The van der Waals surface area contributed by atoms with Gasteiger partial charge in [-0.2, -0.15) is 18.3 Å². The average molecular weight is 328 g/mol. The van der Waals surface area contributed by atoms with Gasteiger partial charge in [0.2, 0.25) is 5.95 Å². The van der Waals surface area contributed by atoms with Crippen LogP contribution in [-0.2, 0) is 0 Å². The van der Waals surface area contributed by atoms with E-state index in [4.69, 9.17) is 15.2 Å². The first-order valence-corrected chi connectivity index (χ1v) is 6.52. The first-order valence-electron chi connectivity index (χ1n) is 6.52. The first kappa shape index (κ1) is 16.7. The number of hydrogen-bond donors (Lipinski definition) is 1. The molecule has 6 nitrogen and oxygen atoms in total. The topological polar surface area (TPSA) is 74.7 Å². The standard InChI is InChI=1S/C14H15F3N4O2/c1-9-7-21(13(18)20-9)19-6-10-3-4-11(12(5-10)22-2)23-8-14(15,16)17/h3-7H,8H2,1-2H3,(H2,18,20). The molecule has 124 valence electrons. The zero-order valence-electron chi connectivity index (χ0n) is 12.5. The summed E-state index contributed by atoms with van der Waals surface area (Å²) in [7, 11) is 1.34. The molecule has 9 heteroatoms. The van der Waals surface area contributed by atoms with Crippen molar-refractivity contribution in [2.45, 2.75) is 13.1 Å². The van der Waals surface area contributed by atoms with Gasteiger partial charge in [-0.3, -0.25) is 0 Å². The highest BCUT2D eigenvalue weighted by molar-refractivity contribution is 5.81. The maximum atomic E-state index is 12.2. The van der Waals surface area contributed by atoms with Crippen molar-refractivity contribution in [2.24, 2.45) is 5.10 Å². The number of aryl methyl sites for hydroxylation is 1. The molecule has 1 aromatic heterocycles. The number of hydrogen-bond acceptors (Lipinski definition) is 5. The molecule has 0 saturated carbocycles. The monoisotopic (exact) mass is 328 g/mol. The third kappa shape index (κ3) is 4.63. The fourth-order valence-corrected chi connectivity index (χ4v) is 1.77. The molecule has 1 heterocycles. The SMILES string of the molecule is COc1cc(C=Nn2cc(C)nc2N)ccc1OCC(F)(F)F. The summed E-state index contributed by atoms with van der Waals surface area (Å²) in [4.78, 5) is 3.99. The molecule has 2 aromatic rings. The molecule has 0 spiro atoms. The molecule has 0 radical (unpaired) electrons. The second kappa shape index (κ2) is 6.59. The maximum Gasteiger partial charge on any atom is 0.422 e. The van der Waals surface area contributed by atoms with Crippen molar-refractivity contribution in [1.82, 2.24) is 9.66 Å². The van der Waals surface area contributed by atoms with Crippen molar-refractivity contribution in [3.8, 4) is 11.5 Å². The van der Waals surface area contributed by atoms with Crippen LogP contribution in [-0.4, -0.2) is 35.8 Å². The fraction of sp³-hybridized carbons (Fsp3) is 0.286. The van der Waals surface area contributed by atoms with Gasteiger partial charge < -0.3 is 15.2 Å². The Morgan fingerprint density at radius 2 is 2.09 bits per heavy atom. The lowest BCUT2D eigenvalue weighted by molar-refractivity contribution is -0.153. The van der Waals surface area contributed by atoms with Gasteiger partial charge in [0.15, 0.2) is 18.1 Å². The van der Waals surface area contributed by atoms with Gasteiger partial charge in [-0.25, -0.2) is 9.66 Å². The lowest BCUT2D eigenvalue weighted by Crippen LogP contribution is -2.19. The Labute approximate surface area is 130 Å². The van der Waals surface area contributed by atoms with Crippen molar-refractivity contribution < 1.29 is 22.6 Å². The number of methoxy groups -OCH3 is 1. The maximum absolute atomic E-state index is 12.2. The lowest BCUT2D eigenvalue weighted by Gasteiger charge is -2.12. The number of nitrogens with zero attached hydrogens (tertiary/aromatic N) is 3. The van der Waals surface area contributed by atoms with Crippen LogP contribution in [0.15, 0.2) is 29.5 Å². The number of nitrogens with two attached hydrogens (primary N) is 1. The largest absolute Gasteiger partial charge is 0.493 e. The molecule has 0 unspecified atom stereocenters. The Morgan fingerprint density at radius 1 is 1.35 bits per heavy atom. The van der Waals surface area contributed by atoms with E-state index < -0.39 is 12.8 Å². The Morgan fingerprint density at radius 3 is 2.65 bits per heavy atom. The van der Waals surface area contributed by atoms with Crippen molar-refractivity contribution in [3.63, 3.8) is 0 Å². The van der Waals surface area contributed by atoms with Gasteiger partial charge in [0.1, 0.15) is 0 Å². The highest BCUT2D eigenvalue weighted by Crippen LogP contribution is 2.29. The summed E-state index contributed by atoms with van der Waals surface area (Å²) < 4.78 is 47.7. The van der Waals surface area contributed by atoms with Crippen LogP contribution in [0.1, 0.15) is 11.3 Å². The van der Waals surface area contributed by atoms with Crippen LogP contribution in [0.3, 0.4) is 0 Å². The first-order chi connectivity index (χ1) is 10.8. The van der Waals surface area contributed by atoms with E-state index in [9.17, 15) is 13.2 Å². The van der Waals surface area contributed by atoms with E-state index in [1.807, 2.05) is 0 Å². The van der Waals surface area contributed by atoms with Gasteiger partial charge in [0.25, 0.3) is 0 Å². The lowest BCUT2D eigenvalue weighted by atomic mass is 10.2. The summed E-state index contributed by atoms with van der Waals surface area (Å²) in [6, 6.07) is 4.45. The summed E-state index contributed by atoms with van der Waals surface area (Å²) in [5.74, 6) is 0.406. The summed E-state index contributed by atoms with van der Waals surface area (Å²) in [6.45, 7) is 0.389. The van der Waals surface area contributed by atoms with E-state index in [1.54, 1.807) is 19.2 Å². The van der Waals surface area contributed by atoms with E-state index >= 15 is 0 Å². The molecule has 0 aliphatic rings.